The van der Waals surface area contributed by atoms with E-state index < -0.39 is 0 Å². The lowest BCUT2D eigenvalue weighted by Gasteiger charge is -2.16. The number of H-pyrrole nitrogens is 1. The Morgan fingerprint density at radius 2 is 1.92 bits per heavy atom. The van der Waals surface area contributed by atoms with Gasteiger partial charge in [-0.15, -0.1) is 11.3 Å². The maximum atomic E-state index is 12.6. The van der Waals surface area contributed by atoms with E-state index in [1.165, 1.54) is 11.3 Å². The molecule has 0 aliphatic carbocycles. The molecule has 0 unspecified atom stereocenters. The molecule has 24 heavy (non-hydrogen) atoms. The van der Waals surface area contributed by atoms with E-state index in [1.54, 1.807) is 7.11 Å². The first kappa shape index (κ1) is 16.7. The third-order valence-corrected chi connectivity index (χ3v) is 5.03. The van der Waals surface area contributed by atoms with E-state index in [4.69, 9.17) is 4.74 Å². The van der Waals surface area contributed by atoms with Crippen LogP contribution in [0.15, 0.2) is 34.4 Å². The molecular formula is C18H21N3O2S. The summed E-state index contributed by atoms with van der Waals surface area (Å²) in [5.41, 5.74) is 1.83. The van der Waals surface area contributed by atoms with Crippen molar-refractivity contribution in [3.8, 4) is 16.9 Å². The molecule has 0 amide bonds. The monoisotopic (exact) mass is 343 g/mol. The molecular weight excluding hydrogens is 322 g/mol. The number of aromatic nitrogens is 2. The van der Waals surface area contributed by atoms with Crippen molar-refractivity contribution >= 4 is 21.6 Å². The topological polar surface area (TPSA) is 58.2 Å². The van der Waals surface area contributed by atoms with Gasteiger partial charge in [-0.05, 0) is 30.8 Å². The van der Waals surface area contributed by atoms with Crippen molar-refractivity contribution in [2.45, 2.75) is 20.4 Å². The molecule has 3 rings (SSSR count). The van der Waals surface area contributed by atoms with E-state index in [1.807, 2.05) is 29.6 Å². The number of hydrogen-bond donors (Lipinski definition) is 1. The smallest absolute Gasteiger partial charge is 0.260 e. The number of nitrogens with one attached hydrogen (secondary N) is 1. The van der Waals surface area contributed by atoms with Crippen LogP contribution in [0.3, 0.4) is 0 Å². The van der Waals surface area contributed by atoms with Gasteiger partial charge in [0.25, 0.3) is 5.56 Å². The largest absolute Gasteiger partial charge is 0.497 e. The molecule has 0 saturated heterocycles. The maximum absolute atomic E-state index is 12.6. The summed E-state index contributed by atoms with van der Waals surface area (Å²) in [7, 11) is 1.64. The van der Waals surface area contributed by atoms with Gasteiger partial charge in [-0.3, -0.25) is 9.69 Å². The van der Waals surface area contributed by atoms with E-state index in [2.05, 4.69) is 28.7 Å². The molecule has 2 aromatic heterocycles. The highest BCUT2D eigenvalue weighted by molar-refractivity contribution is 7.17. The highest BCUT2D eigenvalue weighted by Crippen LogP contribution is 2.31. The van der Waals surface area contributed by atoms with Gasteiger partial charge in [0, 0.05) is 10.9 Å². The molecule has 3 aromatic rings. The summed E-state index contributed by atoms with van der Waals surface area (Å²) in [6.07, 6.45) is 0. The van der Waals surface area contributed by atoms with Crippen molar-refractivity contribution < 1.29 is 4.74 Å². The van der Waals surface area contributed by atoms with Gasteiger partial charge in [0.15, 0.2) is 0 Å². The quantitative estimate of drug-likeness (QED) is 0.744. The van der Waals surface area contributed by atoms with Crippen LogP contribution in [0.25, 0.3) is 21.3 Å². The fourth-order valence-electron chi connectivity index (χ4n) is 2.71. The maximum Gasteiger partial charge on any atom is 0.260 e. The lowest BCUT2D eigenvalue weighted by atomic mass is 10.1. The Bertz CT molecular complexity index is 879. The Labute approximate surface area is 144 Å². The summed E-state index contributed by atoms with van der Waals surface area (Å²) in [4.78, 5) is 23.2. The first-order chi connectivity index (χ1) is 11.7. The van der Waals surface area contributed by atoms with Crippen molar-refractivity contribution in [2.24, 2.45) is 0 Å². The molecule has 0 fully saturated rings. The molecule has 0 spiro atoms. The first-order valence-corrected chi connectivity index (χ1v) is 8.91. The van der Waals surface area contributed by atoms with Gasteiger partial charge < -0.3 is 9.72 Å². The van der Waals surface area contributed by atoms with Gasteiger partial charge in [0.2, 0.25) is 0 Å². The fraction of sp³-hybridized carbons (Fsp3) is 0.333. The molecule has 1 aromatic carbocycles. The Morgan fingerprint density at radius 3 is 2.54 bits per heavy atom. The minimum atomic E-state index is -0.0748. The van der Waals surface area contributed by atoms with Crippen LogP contribution >= 0.6 is 11.3 Å². The first-order valence-electron chi connectivity index (χ1n) is 8.03. The fourth-order valence-corrected chi connectivity index (χ4v) is 3.68. The molecule has 0 saturated carbocycles. The molecule has 5 nitrogen and oxygen atoms in total. The van der Waals surface area contributed by atoms with Crippen molar-refractivity contribution in [1.29, 1.82) is 0 Å². The Balaban J connectivity index is 2.01. The summed E-state index contributed by atoms with van der Waals surface area (Å²) in [5.74, 6) is 1.52. The molecule has 0 bridgehead atoms. The SMILES string of the molecule is CCN(CC)Cc1nc2scc(-c3ccc(OC)cc3)c2c(=O)[nH]1. The van der Waals surface area contributed by atoms with Crippen LogP contribution in [-0.2, 0) is 6.54 Å². The minimum absolute atomic E-state index is 0.0748. The van der Waals surface area contributed by atoms with Crippen molar-refractivity contribution in [1.82, 2.24) is 14.9 Å². The van der Waals surface area contributed by atoms with Crippen LogP contribution < -0.4 is 10.3 Å². The van der Waals surface area contributed by atoms with Gasteiger partial charge in [0.1, 0.15) is 16.4 Å². The number of ether oxygens (including phenoxy) is 1. The Hall–Kier alpha value is -2.18. The number of fused-ring (bicyclic) bond motifs is 1. The molecule has 0 atom stereocenters. The molecule has 126 valence electrons. The van der Waals surface area contributed by atoms with E-state index in [-0.39, 0.29) is 5.56 Å². The van der Waals surface area contributed by atoms with Gasteiger partial charge >= 0.3 is 0 Å². The number of nitrogens with zero attached hydrogens (tertiary/aromatic N) is 2. The van der Waals surface area contributed by atoms with Gasteiger partial charge in [-0.2, -0.15) is 0 Å². The zero-order valence-corrected chi connectivity index (χ0v) is 14.9. The van der Waals surface area contributed by atoms with Crippen LogP contribution in [0.2, 0.25) is 0 Å². The Kier molecular flexibility index (Phi) is 4.97. The number of hydrogen-bond acceptors (Lipinski definition) is 5. The molecule has 2 heterocycles. The minimum Gasteiger partial charge on any atom is -0.497 e. The normalized spacial score (nSPS) is 11.3. The standard InChI is InChI=1S/C18H21N3O2S/c1-4-21(5-2)10-15-19-17(22)16-14(11-24-18(16)20-15)12-6-8-13(23-3)9-7-12/h6-9,11H,4-5,10H2,1-3H3,(H,19,20,22). The zero-order valence-electron chi connectivity index (χ0n) is 14.1. The summed E-state index contributed by atoms with van der Waals surface area (Å²) in [6.45, 7) is 6.73. The van der Waals surface area contributed by atoms with Crippen LogP contribution in [0.1, 0.15) is 19.7 Å². The lowest BCUT2D eigenvalue weighted by molar-refractivity contribution is 0.288. The number of aromatic amines is 1. The lowest BCUT2D eigenvalue weighted by Crippen LogP contribution is -2.25. The van der Waals surface area contributed by atoms with Gasteiger partial charge in [-0.1, -0.05) is 26.0 Å². The number of thiophene rings is 1. The van der Waals surface area contributed by atoms with E-state index in [0.29, 0.717) is 11.9 Å². The second-order valence-electron chi connectivity index (χ2n) is 5.53. The third-order valence-electron chi connectivity index (χ3n) is 4.16. The molecule has 6 heteroatoms. The summed E-state index contributed by atoms with van der Waals surface area (Å²) < 4.78 is 5.19. The highest BCUT2D eigenvalue weighted by Gasteiger charge is 2.14. The van der Waals surface area contributed by atoms with Crippen LogP contribution in [0.5, 0.6) is 5.75 Å². The average molecular weight is 343 g/mol. The number of rotatable bonds is 6. The van der Waals surface area contributed by atoms with Gasteiger partial charge in [-0.25, -0.2) is 4.98 Å². The predicted molar refractivity (Wildman–Crippen MR) is 98.9 cm³/mol. The Morgan fingerprint density at radius 1 is 1.21 bits per heavy atom. The molecule has 0 aliphatic heterocycles. The van der Waals surface area contributed by atoms with Crippen LogP contribution in [0, 0.1) is 0 Å². The van der Waals surface area contributed by atoms with Crippen molar-refractivity contribution in [2.75, 3.05) is 20.2 Å². The van der Waals surface area contributed by atoms with Crippen molar-refractivity contribution in [3.63, 3.8) is 0 Å². The third kappa shape index (κ3) is 3.20. The second-order valence-corrected chi connectivity index (χ2v) is 6.39. The molecule has 0 radical (unpaired) electrons. The van der Waals surface area contributed by atoms with Crippen molar-refractivity contribution in [3.05, 3.63) is 45.8 Å². The molecule has 0 aliphatic rings. The summed E-state index contributed by atoms with van der Waals surface area (Å²) >= 11 is 1.51. The van der Waals surface area contributed by atoms with Crippen LogP contribution in [-0.4, -0.2) is 35.1 Å². The van der Waals surface area contributed by atoms with Crippen LogP contribution in [0.4, 0.5) is 0 Å². The van der Waals surface area contributed by atoms with E-state index in [0.717, 1.165) is 40.6 Å². The van der Waals surface area contributed by atoms with Gasteiger partial charge in [0.05, 0.1) is 19.0 Å². The summed E-state index contributed by atoms with van der Waals surface area (Å²) in [6, 6.07) is 7.72. The average Bonchev–Trinajstić information content (AvgIpc) is 3.04. The highest BCUT2D eigenvalue weighted by atomic mass is 32.1. The summed E-state index contributed by atoms with van der Waals surface area (Å²) in [5, 5.41) is 2.66. The zero-order chi connectivity index (χ0) is 17.1. The number of methoxy groups -OCH3 is 1. The van der Waals surface area contributed by atoms with E-state index >= 15 is 0 Å². The number of benzene rings is 1. The predicted octanol–water partition coefficient (Wildman–Crippen LogP) is 3.50. The van der Waals surface area contributed by atoms with E-state index in [9.17, 15) is 4.79 Å². The molecule has 1 N–H and O–H groups in total. The second kappa shape index (κ2) is 7.15.